The Kier molecular flexibility index (Phi) is 2.75. The first-order valence-electron chi connectivity index (χ1n) is 5.97. The van der Waals surface area contributed by atoms with Crippen molar-refractivity contribution in [1.29, 1.82) is 0 Å². The fourth-order valence-corrected chi connectivity index (χ4v) is 2.03. The molecule has 0 aliphatic rings. The summed E-state index contributed by atoms with van der Waals surface area (Å²) in [6.07, 6.45) is 0. The molecule has 0 radical (unpaired) electrons. The Hall–Kier alpha value is -2.28. The Morgan fingerprint density at radius 3 is 3.11 bits per heavy atom. The minimum atomic E-state index is -0.334. The molecule has 0 bridgehead atoms. The summed E-state index contributed by atoms with van der Waals surface area (Å²) < 4.78 is 5.51. The minimum Gasteiger partial charge on any atom is -0.449 e. The highest BCUT2D eigenvalue weighted by Gasteiger charge is 2.13. The van der Waals surface area contributed by atoms with E-state index in [2.05, 4.69) is 15.3 Å². The van der Waals surface area contributed by atoms with Gasteiger partial charge in [-0.2, -0.15) is 0 Å². The zero-order valence-electron chi connectivity index (χ0n) is 10.4. The van der Waals surface area contributed by atoms with Crippen LogP contribution in [0.1, 0.15) is 0 Å². The molecule has 2 aromatic heterocycles. The molecule has 0 saturated heterocycles. The van der Waals surface area contributed by atoms with Gasteiger partial charge in [0.25, 0.3) is 5.56 Å². The number of hydrogen-bond acceptors (Lipinski definition) is 5. The van der Waals surface area contributed by atoms with Crippen LogP contribution in [0.4, 0.5) is 5.95 Å². The van der Waals surface area contributed by atoms with Gasteiger partial charge in [-0.3, -0.25) is 9.78 Å². The second-order valence-electron chi connectivity index (χ2n) is 4.34. The normalized spacial score (nSPS) is 11.2. The van der Waals surface area contributed by atoms with E-state index in [0.717, 1.165) is 10.8 Å². The van der Waals surface area contributed by atoms with Crippen LogP contribution < -0.4 is 16.3 Å². The number of H-pyrrole nitrogens is 1. The molecule has 19 heavy (non-hydrogen) atoms. The Labute approximate surface area is 108 Å². The van der Waals surface area contributed by atoms with Gasteiger partial charge in [-0.25, -0.2) is 4.98 Å². The summed E-state index contributed by atoms with van der Waals surface area (Å²) in [5.41, 5.74) is 2.12. The first kappa shape index (κ1) is 11.8. The van der Waals surface area contributed by atoms with E-state index in [0.29, 0.717) is 23.6 Å². The van der Waals surface area contributed by atoms with E-state index >= 15 is 0 Å². The summed E-state index contributed by atoms with van der Waals surface area (Å²) in [5, 5.41) is 12.4. The maximum absolute atomic E-state index is 11.9. The lowest BCUT2D eigenvalue weighted by atomic mass is 9.95. The fraction of sp³-hybridized carbons (Fsp3) is 0.167. The molecule has 3 N–H and O–H groups in total. The van der Waals surface area contributed by atoms with Crippen molar-refractivity contribution in [2.75, 3.05) is 18.5 Å². The van der Waals surface area contributed by atoms with Gasteiger partial charge in [0, 0.05) is 11.9 Å². The summed E-state index contributed by atoms with van der Waals surface area (Å²) in [7, 11) is 1.97. The van der Waals surface area contributed by atoms with E-state index in [-0.39, 0.29) is 17.7 Å². The Morgan fingerprint density at radius 2 is 2.32 bits per heavy atom. The van der Waals surface area contributed by atoms with Crippen LogP contribution in [0, 0.1) is 0 Å². The quantitative estimate of drug-likeness (QED) is 0.541. The topological polar surface area (TPSA) is 91.2 Å². The molecule has 96 valence electrons. The highest BCUT2D eigenvalue weighted by molar-refractivity contribution is 6.33. The SMILES string of the molecule is Bc1ccc2oc3c(=O)[nH]c(NCCO)nc3c2c1. The molecule has 3 aromatic rings. The van der Waals surface area contributed by atoms with Gasteiger partial charge in [-0.15, -0.1) is 0 Å². The van der Waals surface area contributed by atoms with Gasteiger partial charge in [-0.1, -0.05) is 17.6 Å². The molecule has 1 aromatic carbocycles. The number of rotatable bonds is 3. The smallest absolute Gasteiger partial charge is 0.296 e. The number of furan rings is 1. The predicted octanol–water partition coefficient (Wildman–Crippen LogP) is -0.668. The molecule has 0 aliphatic heterocycles. The first-order valence-corrected chi connectivity index (χ1v) is 5.97. The van der Waals surface area contributed by atoms with Crippen LogP contribution in [0.5, 0.6) is 0 Å². The Balaban J connectivity index is 2.28. The number of aliphatic hydroxyl groups is 1. The van der Waals surface area contributed by atoms with Crippen molar-refractivity contribution >= 4 is 41.3 Å². The lowest BCUT2D eigenvalue weighted by Gasteiger charge is -2.01. The number of nitrogens with zero attached hydrogens (tertiary/aromatic N) is 1. The van der Waals surface area contributed by atoms with Gasteiger partial charge >= 0.3 is 0 Å². The van der Waals surface area contributed by atoms with Crippen LogP contribution in [0.25, 0.3) is 22.1 Å². The highest BCUT2D eigenvalue weighted by Crippen LogP contribution is 2.24. The largest absolute Gasteiger partial charge is 0.449 e. The average Bonchev–Trinajstić information content (AvgIpc) is 2.75. The van der Waals surface area contributed by atoms with E-state index < -0.39 is 0 Å². The lowest BCUT2D eigenvalue weighted by Crippen LogP contribution is -2.14. The van der Waals surface area contributed by atoms with Gasteiger partial charge < -0.3 is 14.8 Å². The van der Waals surface area contributed by atoms with Crippen molar-refractivity contribution in [2.45, 2.75) is 0 Å². The van der Waals surface area contributed by atoms with Crippen LogP contribution in [0.2, 0.25) is 0 Å². The third-order valence-electron chi connectivity index (χ3n) is 2.88. The molecule has 6 nitrogen and oxygen atoms in total. The van der Waals surface area contributed by atoms with E-state index in [9.17, 15) is 4.79 Å². The molecule has 0 unspecified atom stereocenters. The standard InChI is InChI=1S/C12H12BN3O3/c13-6-1-2-8-7(5-6)9-10(19-8)11(18)16-12(15-9)14-3-4-17/h1-2,5,17H,3-4,13H2,(H2,14,15,16,18). The van der Waals surface area contributed by atoms with Gasteiger partial charge in [0.2, 0.25) is 11.5 Å². The number of aromatic nitrogens is 2. The number of aromatic amines is 1. The molecular formula is C12H12BN3O3. The predicted molar refractivity (Wildman–Crippen MR) is 75.9 cm³/mol. The average molecular weight is 257 g/mol. The van der Waals surface area contributed by atoms with Crippen molar-refractivity contribution in [2.24, 2.45) is 0 Å². The van der Waals surface area contributed by atoms with Gasteiger partial charge in [-0.05, 0) is 6.07 Å². The molecule has 7 heteroatoms. The second kappa shape index (κ2) is 4.44. The number of benzene rings is 1. The van der Waals surface area contributed by atoms with Crippen molar-refractivity contribution < 1.29 is 9.52 Å². The third-order valence-corrected chi connectivity index (χ3v) is 2.88. The molecule has 0 aliphatic carbocycles. The number of hydrogen-bond donors (Lipinski definition) is 3. The van der Waals surface area contributed by atoms with Gasteiger partial charge in [0.15, 0.2) is 0 Å². The van der Waals surface area contributed by atoms with Crippen molar-refractivity contribution in [3.63, 3.8) is 0 Å². The van der Waals surface area contributed by atoms with Crippen molar-refractivity contribution in [1.82, 2.24) is 9.97 Å². The second-order valence-corrected chi connectivity index (χ2v) is 4.34. The fourth-order valence-electron chi connectivity index (χ4n) is 2.03. The summed E-state index contributed by atoms with van der Waals surface area (Å²) in [4.78, 5) is 18.8. The van der Waals surface area contributed by atoms with E-state index in [1.54, 1.807) is 0 Å². The molecule has 0 fully saturated rings. The maximum atomic E-state index is 11.9. The van der Waals surface area contributed by atoms with Crippen LogP contribution in [-0.2, 0) is 0 Å². The highest BCUT2D eigenvalue weighted by atomic mass is 16.3. The Morgan fingerprint density at radius 1 is 1.47 bits per heavy atom. The zero-order chi connectivity index (χ0) is 13.4. The molecule has 0 amide bonds. The summed E-state index contributed by atoms with van der Waals surface area (Å²) in [6.45, 7) is 0.288. The molecular weight excluding hydrogens is 245 g/mol. The summed E-state index contributed by atoms with van der Waals surface area (Å²) >= 11 is 0. The van der Waals surface area contributed by atoms with E-state index in [1.165, 1.54) is 0 Å². The third kappa shape index (κ3) is 1.98. The van der Waals surface area contributed by atoms with Crippen molar-refractivity contribution in [3.05, 3.63) is 28.6 Å². The Bertz CT molecular complexity index is 809. The lowest BCUT2D eigenvalue weighted by molar-refractivity contribution is 0.311. The van der Waals surface area contributed by atoms with Crippen LogP contribution in [0.15, 0.2) is 27.4 Å². The van der Waals surface area contributed by atoms with Crippen LogP contribution in [0.3, 0.4) is 0 Å². The van der Waals surface area contributed by atoms with Gasteiger partial charge in [0.1, 0.15) is 18.9 Å². The van der Waals surface area contributed by atoms with Crippen LogP contribution >= 0.6 is 0 Å². The molecule has 3 rings (SSSR count). The number of fused-ring (bicyclic) bond motifs is 3. The molecule has 0 atom stereocenters. The monoisotopic (exact) mass is 257 g/mol. The minimum absolute atomic E-state index is 0.0347. The number of aliphatic hydroxyl groups excluding tert-OH is 1. The first-order chi connectivity index (χ1) is 9.19. The molecule has 0 spiro atoms. The number of anilines is 1. The van der Waals surface area contributed by atoms with E-state index in [4.69, 9.17) is 9.52 Å². The summed E-state index contributed by atoms with van der Waals surface area (Å²) in [5.74, 6) is 0.329. The number of nitrogens with one attached hydrogen (secondary N) is 2. The van der Waals surface area contributed by atoms with E-state index in [1.807, 2.05) is 26.0 Å². The van der Waals surface area contributed by atoms with Gasteiger partial charge in [0.05, 0.1) is 6.61 Å². The summed E-state index contributed by atoms with van der Waals surface area (Å²) in [6, 6.07) is 5.68. The molecule has 2 heterocycles. The zero-order valence-corrected chi connectivity index (χ0v) is 10.4. The van der Waals surface area contributed by atoms with Crippen LogP contribution in [-0.4, -0.2) is 36.1 Å². The van der Waals surface area contributed by atoms with Crippen molar-refractivity contribution in [3.8, 4) is 0 Å². The maximum Gasteiger partial charge on any atom is 0.296 e. The molecule has 0 saturated carbocycles.